The smallest absolute Gasteiger partial charge is 0.418 e. The summed E-state index contributed by atoms with van der Waals surface area (Å²) in [5.41, 5.74) is 0.536. The first-order valence-corrected chi connectivity index (χ1v) is 17.8. The van der Waals surface area contributed by atoms with Gasteiger partial charge in [0.2, 0.25) is 5.91 Å². The average molecular weight is 735 g/mol. The maximum Gasteiger partial charge on any atom is 0.418 e. The van der Waals surface area contributed by atoms with Gasteiger partial charge in [0.05, 0.1) is 25.3 Å². The summed E-state index contributed by atoms with van der Waals surface area (Å²) in [6.07, 6.45) is 2.13. The highest BCUT2D eigenvalue weighted by atomic mass is 19.4. The van der Waals surface area contributed by atoms with Gasteiger partial charge in [0.25, 0.3) is 0 Å². The number of likely N-dealkylation sites (tertiary alicyclic amines) is 1. The number of rotatable bonds is 11. The second-order valence-corrected chi connectivity index (χ2v) is 13.5. The zero-order valence-corrected chi connectivity index (χ0v) is 30.1. The van der Waals surface area contributed by atoms with Crippen molar-refractivity contribution in [3.63, 3.8) is 0 Å². The Labute approximate surface area is 306 Å². The first-order chi connectivity index (χ1) is 25.5. The fourth-order valence-corrected chi connectivity index (χ4v) is 7.06. The summed E-state index contributed by atoms with van der Waals surface area (Å²) in [6.45, 7) is 1.62. The summed E-state index contributed by atoms with van der Waals surface area (Å²) in [7, 11) is 5.15. The van der Waals surface area contributed by atoms with Gasteiger partial charge in [-0.1, -0.05) is 12.5 Å². The number of ether oxygens (including phenoxy) is 3. The van der Waals surface area contributed by atoms with Crippen molar-refractivity contribution >= 4 is 39.9 Å². The summed E-state index contributed by atoms with van der Waals surface area (Å²) in [5.74, 6) is 1.80. The number of benzene rings is 3. The second kappa shape index (κ2) is 16.6. The van der Waals surface area contributed by atoms with E-state index in [9.17, 15) is 22.8 Å². The summed E-state index contributed by atoms with van der Waals surface area (Å²) >= 11 is 0. The Kier molecular flexibility index (Phi) is 11.8. The van der Waals surface area contributed by atoms with Crippen LogP contribution in [0, 0.1) is 0 Å². The Balaban J connectivity index is 1.02. The van der Waals surface area contributed by atoms with E-state index in [2.05, 4.69) is 25.8 Å². The normalized spacial score (nSPS) is 16.9. The second-order valence-electron chi connectivity index (χ2n) is 13.5. The molecule has 3 heterocycles. The molecule has 282 valence electrons. The van der Waals surface area contributed by atoms with E-state index >= 15 is 0 Å². The number of aromatic nitrogens is 1. The fraction of sp³-hybridized carbons (Fsp3) is 0.410. The van der Waals surface area contributed by atoms with Gasteiger partial charge in [-0.15, -0.1) is 0 Å². The molecule has 2 aliphatic heterocycles. The van der Waals surface area contributed by atoms with Gasteiger partial charge < -0.3 is 40.0 Å². The molecule has 1 atom stereocenters. The molecule has 0 spiro atoms. The molecule has 53 heavy (non-hydrogen) atoms. The molecule has 11 nitrogen and oxygen atoms in total. The SMILES string of the molecule is COc1cc2nccc(Oc3cccc(NC(=O)NC4CCN(c5ccc(NC(=O)CCC6CCCCN6C)cc5C(F)(F)F)CC4)c3)c2cc1OC. The molecule has 0 bridgehead atoms. The van der Waals surface area contributed by atoms with Crippen LogP contribution in [0.2, 0.25) is 0 Å². The predicted molar refractivity (Wildman–Crippen MR) is 198 cm³/mol. The van der Waals surface area contributed by atoms with Crippen molar-refractivity contribution in [1.82, 2.24) is 15.2 Å². The topological polar surface area (TPSA) is 117 Å². The van der Waals surface area contributed by atoms with E-state index in [1.165, 1.54) is 12.1 Å². The van der Waals surface area contributed by atoms with Crippen LogP contribution in [-0.4, -0.2) is 74.8 Å². The van der Waals surface area contributed by atoms with Crippen LogP contribution < -0.4 is 35.1 Å². The van der Waals surface area contributed by atoms with E-state index < -0.39 is 17.8 Å². The van der Waals surface area contributed by atoms with Gasteiger partial charge in [-0.2, -0.15) is 13.2 Å². The number of amides is 3. The van der Waals surface area contributed by atoms with E-state index in [-0.39, 0.29) is 29.7 Å². The molecule has 3 aromatic carbocycles. The van der Waals surface area contributed by atoms with Gasteiger partial charge in [0.15, 0.2) is 11.5 Å². The van der Waals surface area contributed by atoms with Gasteiger partial charge in [-0.3, -0.25) is 9.78 Å². The van der Waals surface area contributed by atoms with Crippen molar-refractivity contribution < 1.29 is 37.0 Å². The lowest BCUT2D eigenvalue weighted by Crippen LogP contribution is -2.46. The number of anilines is 3. The third-order valence-electron chi connectivity index (χ3n) is 9.91. The van der Waals surface area contributed by atoms with E-state index in [1.807, 2.05) is 7.05 Å². The largest absolute Gasteiger partial charge is 0.493 e. The van der Waals surface area contributed by atoms with E-state index in [1.54, 1.807) is 67.8 Å². The lowest BCUT2D eigenvalue weighted by Gasteiger charge is -2.35. The average Bonchev–Trinajstić information content (AvgIpc) is 3.14. The Morgan fingerprint density at radius 3 is 2.36 bits per heavy atom. The van der Waals surface area contributed by atoms with Crippen molar-refractivity contribution in [3.8, 4) is 23.0 Å². The highest BCUT2D eigenvalue weighted by Gasteiger charge is 2.36. The number of carbonyl (C=O) groups is 2. The van der Waals surface area contributed by atoms with Crippen LogP contribution >= 0.6 is 0 Å². The Morgan fingerprint density at radius 1 is 0.868 bits per heavy atom. The minimum absolute atomic E-state index is 0.0543. The standard InChI is InChI=1S/C39H45F3N6O5/c1-47-18-5-4-8-28(47)11-13-37(49)44-27-10-12-33(31(22-27)39(40,41)42)48-19-15-25(16-20-48)45-38(50)46-26-7-6-9-29(21-26)53-34-14-17-43-32-24-36(52-3)35(51-2)23-30(32)34/h6-7,9-10,12,14,17,21-25,28H,4-5,8,11,13,15-16,18-20H2,1-3H3,(H,44,49)(H2,45,46,50). The number of nitrogens with zero attached hydrogens (tertiary/aromatic N) is 3. The number of piperidine rings is 2. The zero-order chi connectivity index (χ0) is 37.5. The van der Waals surface area contributed by atoms with Crippen LogP contribution in [0.25, 0.3) is 10.9 Å². The number of fused-ring (bicyclic) bond motifs is 1. The molecule has 3 N–H and O–H groups in total. The van der Waals surface area contributed by atoms with Gasteiger partial charge in [-0.05, 0) is 88.2 Å². The number of pyridine rings is 1. The predicted octanol–water partition coefficient (Wildman–Crippen LogP) is 8.06. The Hall–Kier alpha value is -5.24. The van der Waals surface area contributed by atoms with E-state index in [0.29, 0.717) is 78.0 Å². The van der Waals surface area contributed by atoms with Gasteiger partial charge in [0, 0.05) is 72.4 Å². The maximum absolute atomic E-state index is 14.3. The number of halogens is 3. The zero-order valence-electron chi connectivity index (χ0n) is 30.1. The lowest BCUT2D eigenvalue weighted by molar-refractivity contribution is -0.137. The molecular weight excluding hydrogens is 689 g/mol. The fourth-order valence-electron chi connectivity index (χ4n) is 7.06. The van der Waals surface area contributed by atoms with Crippen molar-refractivity contribution in [2.75, 3.05) is 56.4 Å². The van der Waals surface area contributed by atoms with Crippen LogP contribution in [-0.2, 0) is 11.0 Å². The summed E-state index contributed by atoms with van der Waals surface area (Å²) in [4.78, 5) is 33.9. The Bertz CT molecular complexity index is 1920. The van der Waals surface area contributed by atoms with Crippen LogP contribution in [0.1, 0.15) is 50.5 Å². The molecule has 3 amide bonds. The number of alkyl halides is 3. The third kappa shape index (κ3) is 9.41. The molecule has 2 fully saturated rings. The molecule has 0 radical (unpaired) electrons. The highest BCUT2D eigenvalue weighted by molar-refractivity contribution is 5.92. The number of hydrogen-bond acceptors (Lipinski definition) is 8. The number of nitrogens with one attached hydrogen (secondary N) is 3. The number of hydrogen-bond donors (Lipinski definition) is 3. The van der Waals surface area contributed by atoms with Gasteiger partial charge >= 0.3 is 12.2 Å². The first kappa shape index (κ1) is 37.5. The molecule has 1 unspecified atom stereocenters. The lowest BCUT2D eigenvalue weighted by atomic mass is 9.98. The van der Waals surface area contributed by atoms with Crippen LogP contribution in [0.5, 0.6) is 23.0 Å². The molecule has 6 rings (SSSR count). The van der Waals surface area contributed by atoms with Crippen molar-refractivity contribution in [2.45, 2.75) is 63.2 Å². The third-order valence-corrected chi connectivity index (χ3v) is 9.91. The quantitative estimate of drug-likeness (QED) is 0.142. The maximum atomic E-state index is 14.3. The van der Waals surface area contributed by atoms with Crippen LogP contribution in [0.15, 0.2) is 66.9 Å². The molecule has 14 heteroatoms. The van der Waals surface area contributed by atoms with Crippen molar-refractivity contribution in [3.05, 3.63) is 72.4 Å². The number of methoxy groups -OCH3 is 2. The summed E-state index contributed by atoms with van der Waals surface area (Å²) in [6, 6.07) is 15.8. The molecule has 4 aromatic rings. The molecule has 2 saturated heterocycles. The molecular formula is C39H45F3N6O5. The molecule has 2 aliphatic rings. The molecule has 1 aromatic heterocycles. The van der Waals surface area contributed by atoms with Gasteiger partial charge in [-0.25, -0.2) is 4.79 Å². The monoisotopic (exact) mass is 734 g/mol. The van der Waals surface area contributed by atoms with Crippen molar-refractivity contribution in [1.29, 1.82) is 0 Å². The summed E-state index contributed by atoms with van der Waals surface area (Å²) in [5, 5.41) is 9.16. The van der Waals surface area contributed by atoms with E-state index in [0.717, 1.165) is 31.9 Å². The van der Waals surface area contributed by atoms with Crippen LogP contribution in [0.3, 0.4) is 0 Å². The number of urea groups is 1. The van der Waals surface area contributed by atoms with E-state index in [4.69, 9.17) is 14.2 Å². The van der Waals surface area contributed by atoms with Gasteiger partial charge in [0.1, 0.15) is 11.5 Å². The molecule has 0 aliphatic carbocycles. The molecule has 0 saturated carbocycles. The number of carbonyl (C=O) groups excluding carboxylic acids is 2. The first-order valence-electron chi connectivity index (χ1n) is 17.8. The highest BCUT2D eigenvalue weighted by Crippen LogP contribution is 2.40. The summed E-state index contributed by atoms with van der Waals surface area (Å²) < 4.78 is 59.8. The van der Waals surface area contributed by atoms with Crippen LogP contribution in [0.4, 0.5) is 35.0 Å². The Morgan fingerprint density at radius 2 is 1.62 bits per heavy atom. The van der Waals surface area contributed by atoms with Crippen molar-refractivity contribution in [2.24, 2.45) is 0 Å². The minimum Gasteiger partial charge on any atom is -0.493 e. The minimum atomic E-state index is -4.61.